The van der Waals surface area contributed by atoms with Crippen molar-refractivity contribution in [1.29, 1.82) is 0 Å². The number of hydrogen-bond acceptors (Lipinski definition) is 4. The normalized spacial score (nSPS) is 10.2. The van der Waals surface area contributed by atoms with E-state index >= 15 is 0 Å². The van der Waals surface area contributed by atoms with Gasteiger partial charge in [0.05, 0.1) is 22.6 Å². The van der Waals surface area contributed by atoms with E-state index in [0.29, 0.717) is 22.9 Å². The molecule has 24 heavy (non-hydrogen) atoms. The maximum Gasteiger partial charge on any atom is 0.274 e. The van der Waals surface area contributed by atoms with Crippen molar-refractivity contribution in [2.24, 2.45) is 0 Å². The van der Waals surface area contributed by atoms with E-state index < -0.39 is 0 Å². The van der Waals surface area contributed by atoms with Crippen LogP contribution in [0.2, 0.25) is 5.02 Å². The molecular weight excluding hydrogens is 324 g/mol. The number of nitrogens with zero attached hydrogens (tertiary/aromatic N) is 2. The Hall–Kier alpha value is -2.92. The molecule has 0 radical (unpaired) electrons. The lowest BCUT2D eigenvalue weighted by Gasteiger charge is -2.08. The highest BCUT2D eigenvalue weighted by atomic mass is 35.5. The monoisotopic (exact) mass is 338 g/mol. The number of amides is 1. The van der Waals surface area contributed by atoms with E-state index in [-0.39, 0.29) is 5.91 Å². The molecule has 2 N–H and O–H groups in total. The maximum absolute atomic E-state index is 12.2. The van der Waals surface area contributed by atoms with E-state index in [1.54, 1.807) is 48.9 Å². The molecule has 0 atom stereocenters. The van der Waals surface area contributed by atoms with Crippen LogP contribution in [0, 0.1) is 0 Å². The Balaban J connectivity index is 1.61. The second-order valence-corrected chi connectivity index (χ2v) is 5.48. The van der Waals surface area contributed by atoms with Crippen molar-refractivity contribution >= 4 is 28.9 Å². The highest BCUT2D eigenvalue weighted by Gasteiger charge is 2.09. The fourth-order valence-corrected chi connectivity index (χ4v) is 2.27. The number of anilines is 2. The first-order valence-electron chi connectivity index (χ1n) is 7.37. The number of aromatic nitrogens is 2. The molecule has 5 nitrogen and oxygen atoms in total. The maximum atomic E-state index is 12.2. The molecule has 2 aromatic heterocycles. The second-order valence-electron chi connectivity index (χ2n) is 5.08. The van der Waals surface area contributed by atoms with Crippen molar-refractivity contribution in [2.45, 2.75) is 6.54 Å². The molecule has 0 unspecified atom stereocenters. The van der Waals surface area contributed by atoms with E-state index in [1.165, 1.54) is 0 Å². The van der Waals surface area contributed by atoms with E-state index in [9.17, 15) is 4.79 Å². The standard InChI is InChI=1S/C18H15ClN4O/c19-15-3-1-2-4-16(15)23-18(24)17-6-5-14(12-22-17)21-11-13-7-9-20-10-8-13/h1-10,12,21H,11H2,(H,23,24). The van der Waals surface area contributed by atoms with Gasteiger partial charge in [-0.05, 0) is 42.0 Å². The summed E-state index contributed by atoms with van der Waals surface area (Å²) < 4.78 is 0. The van der Waals surface area contributed by atoms with Gasteiger partial charge in [-0.1, -0.05) is 23.7 Å². The molecule has 0 aliphatic carbocycles. The Morgan fingerprint density at radius 3 is 2.54 bits per heavy atom. The van der Waals surface area contributed by atoms with E-state index in [1.807, 2.05) is 18.2 Å². The second kappa shape index (κ2) is 7.57. The van der Waals surface area contributed by atoms with Gasteiger partial charge in [0.15, 0.2) is 0 Å². The fourth-order valence-electron chi connectivity index (χ4n) is 2.09. The van der Waals surface area contributed by atoms with Gasteiger partial charge in [-0.2, -0.15) is 0 Å². The van der Waals surface area contributed by atoms with Crippen LogP contribution >= 0.6 is 11.6 Å². The predicted octanol–water partition coefficient (Wildman–Crippen LogP) is 3.99. The molecule has 120 valence electrons. The van der Waals surface area contributed by atoms with Gasteiger partial charge < -0.3 is 10.6 Å². The third-order valence-electron chi connectivity index (χ3n) is 3.36. The first kappa shape index (κ1) is 16.0. The Morgan fingerprint density at radius 2 is 1.83 bits per heavy atom. The number of halogens is 1. The number of carbonyl (C=O) groups is 1. The lowest BCUT2D eigenvalue weighted by atomic mass is 10.2. The molecule has 6 heteroatoms. The lowest BCUT2D eigenvalue weighted by molar-refractivity contribution is 0.102. The molecule has 3 rings (SSSR count). The summed E-state index contributed by atoms with van der Waals surface area (Å²) in [5, 5.41) is 6.47. The summed E-state index contributed by atoms with van der Waals surface area (Å²) in [6.07, 6.45) is 5.12. The Labute approximate surface area is 144 Å². The lowest BCUT2D eigenvalue weighted by Crippen LogP contribution is -2.14. The third kappa shape index (κ3) is 4.08. The topological polar surface area (TPSA) is 66.9 Å². The molecule has 3 aromatic rings. The van der Waals surface area contributed by atoms with Gasteiger partial charge in [0, 0.05) is 18.9 Å². The minimum absolute atomic E-state index is 0.302. The van der Waals surface area contributed by atoms with Crippen LogP contribution in [0.5, 0.6) is 0 Å². The quantitative estimate of drug-likeness (QED) is 0.738. The largest absolute Gasteiger partial charge is 0.380 e. The van der Waals surface area contributed by atoms with Crippen molar-refractivity contribution in [3.63, 3.8) is 0 Å². The summed E-state index contributed by atoms with van der Waals surface area (Å²) in [5.41, 5.74) is 2.84. The molecule has 1 aromatic carbocycles. The zero-order chi connectivity index (χ0) is 16.8. The number of para-hydroxylation sites is 1. The van der Waals surface area contributed by atoms with Crippen LogP contribution in [0.25, 0.3) is 0 Å². The summed E-state index contributed by atoms with van der Waals surface area (Å²) >= 11 is 6.03. The number of rotatable bonds is 5. The van der Waals surface area contributed by atoms with Crippen LogP contribution in [0.3, 0.4) is 0 Å². The van der Waals surface area contributed by atoms with Gasteiger partial charge in [-0.25, -0.2) is 4.98 Å². The van der Waals surface area contributed by atoms with Crippen LogP contribution in [0.1, 0.15) is 16.1 Å². The summed E-state index contributed by atoms with van der Waals surface area (Å²) in [7, 11) is 0. The number of carbonyl (C=O) groups excluding carboxylic acids is 1. The minimum atomic E-state index is -0.302. The molecule has 0 aliphatic heterocycles. The molecule has 2 heterocycles. The summed E-state index contributed by atoms with van der Waals surface area (Å²) in [6, 6.07) is 14.4. The summed E-state index contributed by atoms with van der Waals surface area (Å²) in [5.74, 6) is -0.302. The highest BCUT2D eigenvalue weighted by molar-refractivity contribution is 6.33. The molecule has 0 aliphatic rings. The van der Waals surface area contributed by atoms with Crippen LogP contribution in [0.15, 0.2) is 67.1 Å². The Morgan fingerprint density at radius 1 is 1.04 bits per heavy atom. The molecule has 0 fully saturated rings. The number of nitrogens with one attached hydrogen (secondary N) is 2. The highest BCUT2D eigenvalue weighted by Crippen LogP contribution is 2.21. The number of hydrogen-bond donors (Lipinski definition) is 2. The third-order valence-corrected chi connectivity index (χ3v) is 3.69. The molecule has 0 saturated heterocycles. The van der Waals surface area contributed by atoms with Crippen LogP contribution in [-0.2, 0) is 6.54 Å². The van der Waals surface area contributed by atoms with Crippen molar-refractivity contribution in [2.75, 3.05) is 10.6 Å². The van der Waals surface area contributed by atoms with Crippen LogP contribution in [0.4, 0.5) is 11.4 Å². The number of pyridine rings is 2. The van der Waals surface area contributed by atoms with Gasteiger partial charge in [0.25, 0.3) is 5.91 Å². The van der Waals surface area contributed by atoms with E-state index in [4.69, 9.17) is 11.6 Å². The van der Waals surface area contributed by atoms with Crippen molar-refractivity contribution in [3.8, 4) is 0 Å². The first-order chi connectivity index (χ1) is 11.7. The fraction of sp³-hybridized carbons (Fsp3) is 0.0556. The van der Waals surface area contributed by atoms with E-state index in [0.717, 1.165) is 11.3 Å². The Kier molecular flexibility index (Phi) is 5.03. The predicted molar refractivity (Wildman–Crippen MR) is 95.2 cm³/mol. The minimum Gasteiger partial charge on any atom is -0.380 e. The number of benzene rings is 1. The van der Waals surface area contributed by atoms with Crippen molar-refractivity contribution in [3.05, 3.63) is 83.4 Å². The average molecular weight is 339 g/mol. The molecule has 0 saturated carbocycles. The van der Waals surface area contributed by atoms with Crippen molar-refractivity contribution < 1.29 is 4.79 Å². The molecule has 0 spiro atoms. The smallest absolute Gasteiger partial charge is 0.274 e. The summed E-state index contributed by atoms with van der Waals surface area (Å²) in [4.78, 5) is 20.4. The summed E-state index contributed by atoms with van der Waals surface area (Å²) in [6.45, 7) is 0.662. The zero-order valence-corrected chi connectivity index (χ0v) is 13.5. The van der Waals surface area contributed by atoms with Gasteiger partial charge in [-0.3, -0.25) is 9.78 Å². The van der Waals surface area contributed by atoms with Crippen LogP contribution < -0.4 is 10.6 Å². The van der Waals surface area contributed by atoms with Gasteiger partial charge >= 0.3 is 0 Å². The molecule has 0 bridgehead atoms. The SMILES string of the molecule is O=C(Nc1ccccc1Cl)c1ccc(NCc2ccncc2)cn1. The Bertz CT molecular complexity index is 822. The van der Waals surface area contributed by atoms with Crippen LogP contribution in [-0.4, -0.2) is 15.9 Å². The average Bonchev–Trinajstić information content (AvgIpc) is 2.63. The zero-order valence-electron chi connectivity index (χ0n) is 12.7. The van der Waals surface area contributed by atoms with Gasteiger partial charge in [0.2, 0.25) is 0 Å². The van der Waals surface area contributed by atoms with E-state index in [2.05, 4.69) is 20.6 Å². The first-order valence-corrected chi connectivity index (χ1v) is 7.75. The molecular formula is C18H15ClN4O. The van der Waals surface area contributed by atoms with Gasteiger partial charge in [0.1, 0.15) is 5.69 Å². The van der Waals surface area contributed by atoms with Gasteiger partial charge in [-0.15, -0.1) is 0 Å². The van der Waals surface area contributed by atoms with Crippen molar-refractivity contribution in [1.82, 2.24) is 9.97 Å². The molecule has 1 amide bonds.